The summed E-state index contributed by atoms with van der Waals surface area (Å²) in [5.74, 6) is -0.460. The first-order valence-electron chi connectivity index (χ1n) is 7.32. The maximum atomic E-state index is 12.5. The quantitative estimate of drug-likeness (QED) is 0.872. The molecular weight excluding hydrogens is 352 g/mol. The van der Waals surface area contributed by atoms with E-state index in [4.69, 9.17) is 16.1 Å². The normalized spacial score (nSPS) is 12.9. The molecule has 0 aliphatic carbocycles. The zero-order valence-corrected chi connectivity index (χ0v) is 15.5. The molecule has 0 radical (unpaired) electrons. The van der Waals surface area contributed by atoms with Crippen LogP contribution in [0.15, 0.2) is 22.7 Å². The fraction of sp³-hybridized carbons (Fsp3) is 0.375. The molecule has 24 heavy (non-hydrogen) atoms. The van der Waals surface area contributed by atoms with Crippen LogP contribution in [0.5, 0.6) is 0 Å². The van der Waals surface area contributed by atoms with Gasteiger partial charge in [0.05, 0.1) is 11.4 Å². The molecule has 0 aliphatic rings. The molecule has 0 saturated carbocycles. The second-order valence-electron chi connectivity index (χ2n) is 5.65. The fourth-order valence-corrected chi connectivity index (χ4v) is 3.80. The maximum absolute atomic E-state index is 12.5. The van der Waals surface area contributed by atoms with Gasteiger partial charge >= 0.3 is 0 Å². The van der Waals surface area contributed by atoms with Crippen LogP contribution in [-0.4, -0.2) is 24.7 Å². The number of aromatic nitrogens is 1. The molecule has 1 aromatic heterocycles. The number of benzene rings is 1. The van der Waals surface area contributed by atoms with Crippen molar-refractivity contribution in [1.29, 1.82) is 0 Å². The van der Waals surface area contributed by atoms with Crippen molar-refractivity contribution in [3.63, 3.8) is 0 Å². The highest BCUT2D eigenvalue weighted by Crippen LogP contribution is 2.24. The molecule has 1 heterocycles. The Balaban J connectivity index is 2.19. The van der Waals surface area contributed by atoms with E-state index in [-0.39, 0.29) is 5.75 Å². The van der Waals surface area contributed by atoms with Gasteiger partial charge in [0, 0.05) is 16.3 Å². The predicted molar refractivity (Wildman–Crippen MR) is 92.9 cm³/mol. The summed E-state index contributed by atoms with van der Waals surface area (Å²) < 4.78 is 30.0. The van der Waals surface area contributed by atoms with Crippen molar-refractivity contribution in [1.82, 2.24) is 5.16 Å². The maximum Gasteiger partial charge on any atom is 0.242 e. The SMILES string of the molecule is Cc1noc(C)c1CS(=O)(=O)C(C)C(=O)Nc1cccc(Cl)c1C. The van der Waals surface area contributed by atoms with Gasteiger partial charge in [0.1, 0.15) is 11.0 Å². The number of carbonyl (C=O) groups is 1. The Hall–Kier alpha value is -1.86. The lowest BCUT2D eigenvalue weighted by atomic mass is 10.2. The minimum absolute atomic E-state index is 0.294. The molecule has 130 valence electrons. The number of aryl methyl sites for hydroxylation is 2. The monoisotopic (exact) mass is 370 g/mol. The van der Waals surface area contributed by atoms with Crippen LogP contribution < -0.4 is 5.32 Å². The minimum Gasteiger partial charge on any atom is -0.361 e. The van der Waals surface area contributed by atoms with E-state index >= 15 is 0 Å². The van der Waals surface area contributed by atoms with Crippen LogP contribution in [-0.2, 0) is 20.4 Å². The van der Waals surface area contributed by atoms with Gasteiger partial charge in [-0.3, -0.25) is 4.79 Å². The molecule has 1 N–H and O–H groups in total. The van der Waals surface area contributed by atoms with Crippen LogP contribution in [0, 0.1) is 20.8 Å². The number of hydrogen-bond donors (Lipinski definition) is 1. The number of amides is 1. The lowest BCUT2D eigenvalue weighted by Gasteiger charge is -2.15. The highest BCUT2D eigenvalue weighted by atomic mass is 35.5. The van der Waals surface area contributed by atoms with Crippen molar-refractivity contribution >= 4 is 33.0 Å². The Morgan fingerprint density at radius 3 is 2.58 bits per heavy atom. The highest BCUT2D eigenvalue weighted by molar-refractivity contribution is 7.92. The van der Waals surface area contributed by atoms with Crippen LogP contribution >= 0.6 is 11.6 Å². The summed E-state index contributed by atoms with van der Waals surface area (Å²) in [4.78, 5) is 12.3. The van der Waals surface area contributed by atoms with Gasteiger partial charge in [-0.15, -0.1) is 0 Å². The van der Waals surface area contributed by atoms with E-state index in [0.29, 0.717) is 33.3 Å². The van der Waals surface area contributed by atoms with E-state index in [1.165, 1.54) is 6.92 Å². The summed E-state index contributed by atoms with van der Waals surface area (Å²) in [7, 11) is -3.72. The third-order valence-electron chi connectivity index (χ3n) is 3.96. The third-order valence-corrected chi connectivity index (χ3v) is 6.35. The van der Waals surface area contributed by atoms with Crippen LogP contribution in [0.3, 0.4) is 0 Å². The molecule has 1 amide bonds. The van der Waals surface area contributed by atoms with Crippen LogP contribution in [0.2, 0.25) is 5.02 Å². The number of sulfone groups is 1. The molecule has 8 heteroatoms. The number of rotatable bonds is 5. The highest BCUT2D eigenvalue weighted by Gasteiger charge is 2.30. The topological polar surface area (TPSA) is 89.3 Å². The average Bonchev–Trinajstić information content (AvgIpc) is 2.82. The molecular formula is C16H19ClN2O4S. The zero-order chi connectivity index (χ0) is 18.1. The van der Waals surface area contributed by atoms with Gasteiger partial charge < -0.3 is 9.84 Å². The van der Waals surface area contributed by atoms with Gasteiger partial charge in [0.2, 0.25) is 5.91 Å². The molecule has 2 rings (SSSR count). The second kappa shape index (κ2) is 6.94. The summed E-state index contributed by atoms with van der Waals surface area (Å²) in [6, 6.07) is 5.06. The van der Waals surface area contributed by atoms with Crippen molar-refractivity contribution in [3.05, 3.63) is 45.8 Å². The molecule has 1 aromatic carbocycles. The van der Waals surface area contributed by atoms with Crippen LogP contribution in [0.25, 0.3) is 0 Å². The summed E-state index contributed by atoms with van der Waals surface area (Å²) in [6.07, 6.45) is 0. The molecule has 0 saturated heterocycles. The Morgan fingerprint density at radius 2 is 2.00 bits per heavy atom. The number of nitrogens with zero attached hydrogens (tertiary/aromatic N) is 1. The summed E-state index contributed by atoms with van der Waals surface area (Å²) in [5, 5.41) is 5.64. The third kappa shape index (κ3) is 3.79. The number of nitrogens with one attached hydrogen (secondary N) is 1. The Bertz CT molecular complexity index is 855. The predicted octanol–water partition coefficient (Wildman–Crippen LogP) is 3.20. The van der Waals surface area contributed by atoms with Crippen molar-refractivity contribution in [2.75, 3.05) is 5.32 Å². The lowest BCUT2D eigenvalue weighted by Crippen LogP contribution is -2.33. The fourth-order valence-electron chi connectivity index (χ4n) is 2.17. The summed E-state index contributed by atoms with van der Waals surface area (Å²) in [5.41, 5.74) is 2.18. The van der Waals surface area contributed by atoms with Gasteiger partial charge in [-0.2, -0.15) is 0 Å². The van der Waals surface area contributed by atoms with Crippen molar-refractivity contribution in [2.45, 2.75) is 38.7 Å². The number of hydrogen-bond acceptors (Lipinski definition) is 5. The van der Waals surface area contributed by atoms with Crippen molar-refractivity contribution in [2.24, 2.45) is 0 Å². The summed E-state index contributed by atoms with van der Waals surface area (Å²) in [6.45, 7) is 6.43. The standard InChI is InChI=1S/C16H19ClN2O4S/c1-9-14(17)6-5-7-15(9)18-16(20)12(4)24(21,22)8-13-10(2)19-23-11(13)3/h5-7,12H,8H2,1-4H3,(H,18,20). The second-order valence-corrected chi connectivity index (χ2v) is 8.38. The van der Waals surface area contributed by atoms with Crippen LogP contribution in [0.1, 0.15) is 29.5 Å². The van der Waals surface area contributed by atoms with E-state index in [2.05, 4.69) is 10.5 Å². The van der Waals surface area contributed by atoms with E-state index in [0.717, 1.165) is 0 Å². The van der Waals surface area contributed by atoms with Gasteiger partial charge in [0.25, 0.3) is 0 Å². The van der Waals surface area contributed by atoms with Crippen LogP contribution in [0.4, 0.5) is 5.69 Å². The number of carbonyl (C=O) groups excluding carboxylic acids is 1. The Kier molecular flexibility index (Phi) is 5.35. The first-order chi connectivity index (χ1) is 11.1. The largest absolute Gasteiger partial charge is 0.361 e. The molecule has 0 bridgehead atoms. The Labute approximate surface area is 146 Å². The van der Waals surface area contributed by atoms with Crippen molar-refractivity contribution < 1.29 is 17.7 Å². The first-order valence-corrected chi connectivity index (χ1v) is 9.42. The van der Waals surface area contributed by atoms with Gasteiger partial charge in [-0.1, -0.05) is 22.8 Å². The average molecular weight is 371 g/mol. The number of halogens is 1. The lowest BCUT2D eigenvalue weighted by molar-refractivity contribution is -0.115. The molecule has 2 aromatic rings. The number of anilines is 1. The minimum atomic E-state index is -3.72. The van der Waals surface area contributed by atoms with E-state index in [1.54, 1.807) is 39.0 Å². The summed E-state index contributed by atoms with van der Waals surface area (Å²) >= 11 is 6.01. The molecule has 0 spiro atoms. The molecule has 0 aliphatic heterocycles. The van der Waals surface area contributed by atoms with Gasteiger partial charge in [-0.05, 0) is 45.4 Å². The van der Waals surface area contributed by atoms with E-state index in [1.807, 2.05) is 0 Å². The zero-order valence-electron chi connectivity index (χ0n) is 13.9. The van der Waals surface area contributed by atoms with E-state index in [9.17, 15) is 13.2 Å². The van der Waals surface area contributed by atoms with Crippen molar-refractivity contribution in [3.8, 4) is 0 Å². The van der Waals surface area contributed by atoms with E-state index < -0.39 is 21.0 Å². The molecule has 6 nitrogen and oxygen atoms in total. The molecule has 0 fully saturated rings. The first kappa shape index (κ1) is 18.5. The van der Waals surface area contributed by atoms with Gasteiger partial charge in [-0.25, -0.2) is 8.42 Å². The smallest absolute Gasteiger partial charge is 0.242 e. The van der Waals surface area contributed by atoms with Gasteiger partial charge in [0.15, 0.2) is 9.84 Å². The molecule has 1 atom stereocenters. The molecule has 1 unspecified atom stereocenters. The Morgan fingerprint density at radius 1 is 1.33 bits per heavy atom.